The number of hydrogen-bond donors (Lipinski definition) is 1. The fourth-order valence-corrected chi connectivity index (χ4v) is 4.41. The van der Waals surface area contributed by atoms with Gasteiger partial charge in [-0.05, 0) is 30.7 Å². The van der Waals surface area contributed by atoms with Crippen LogP contribution in [0.4, 0.5) is 13.2 Å². The van der Waals surface area contributed by atoms with Gasteiger partial charge in [0.05, 0.1) is 10.6 Å². The third kappa shape index (κ3) is 2.87. The molecule has 0 spiro atoms. The molecule has 2 atom stereocenters. The van der Waals surface area contributed by atoms with Gasteiger partial charge in [0.1, 0.15) is 11.9 Å². The normalized spacial score (nSPS) is 26.3. The molecule has 25 heavy (non-hydrogen) atoms. The average Bonchev–Trinajstić information content (AvgIpc) is 2.83. The number of sulfone groups is 1. The molecule has 0 fully saturated rings. The molecular weight excluding hydrogens is 357 g/mol. The Kier molecular flexibility index (Phi) is 4.03. The van der Waals surface area contributed by atoms with E-state index in [1.165, 1.54) is 36.5 Å². The van der Waals surface area contributed by atoms with Gasteiger partial charge in [-0.1, -0.05) is 24.3 Å². The summed E-state index contributed by atoms with van der Waals surface area (Å²) in [6.45, 7) is 1.54. The van der Waals surface area contributed by atoms with E-state index in [-0.39, 0.29) is 10.7 Å². The first kappa shape index (κ1) is 17.7. The van der Waals surface area contributed by atoms with Crippen molar-refractivity contribution < 1.29 is 26.7 Å². The van der Waals surface area contributed by atoms with Gasteiger partial charge in [-0.2, -0.15) is 13.2 Å². The molecule has 0 unspecified atom stereocenters. The molecule has 1 N–H and O–H groups in total. The third-order valence-corrected chi connectivity index (χ3v) is 5.91. The van der Waals surface area contributed by atoms with Gasteiger partial charge in [0, 0.05) is 6.20 Å². The highest BCUT2D eigenvalue weighted by molar-refractivity contribution is 7.91. The molecule has 0 saturated carbocycles. The van der Waals surface area contributed by atoms with E-state index in [1.807, 2.05) is 0 Å². The standard InChI is InChI=1S/C16H15F3N2O3S/c1-11-6-5-9-21-13(15(22,16(17,18)19)20-14(11)21)10-25(23,24)12-7-3-2-4-8-12/h2-9,13,22H,10H2,1H3/t13-,15-/m0/s1. The summed E-state index contributed by atoms with van der Waals surface area (Å²) < 4.78 is 65.7. The van der Waals surface area contributed by atoms with Crippen molar-refractivity contribution in [1.82, 2.24) is 4.90 Å². The van der Waals surface area contributed by atoms with E-state index in [2.05, 4.69) is 4.99 Å². The molecule has 0 aliphatic carbocycles. The molecule has 3 rings (SSSR count). The van der Waals surface area contributed by atoms with Crippen LogP contribution in [-0.2, 0) is 9.84 Å². The summed E-state index contributed by atoms with van der Waals surface area (Å²) in [5, 5.41) is 10.3. The SMILES string of the molecule is CC1=CC=CN2C1=N[C@@](O)(C(F)(F)F)[C@@H]2CS(=O)(=O)c1ccccc1. The maximum atomic E-state index is 13.5. The van der Waals surface area contributed by atoms with E-state index in [4.69, 9.17) is 0 Å². The average molecular weight is 372 g/mol. The Morgan fingerprint density at radius 3 is 2.52 bits per heavy atom. The van der Waals surface area contributed by atoms with Gasteiger partial charge in [-0.25, -0.2) is 13.4 Å². The Balaban J connectivity index is 2.05. The molecule has 2 heterocycles. The predicted octanol–water partition coefficient (Wildman–Crippen LogP) is 2.27. The Morgan fingerprint density at radius 1 is 1.28 bits per heavy atom. The zero-order valence-electron chi connectivity index (χ0n) is 13.1. The summed E-state index contributed by atoms with van der Waals surface area (Å²) in [6, 6.07) is 5.35. The third-order valence-electron chi connectivity index (χ3n) is 4.16. The van der Waals surface area contributed by atoms with Crippen molar-refractivity contribution in [1.29, 1.82) is 0 Å². The van der Waals surface area contributed by atoms with Crippen LogP contribution in [0.3, 0.4) is 0 Å². The largest absolute Gasteiger partial charge is 0.440 e. The quantitative estimate of drug-likeness (QED) is 0.884. The van der Waals surface area contributed by atoms with Crippen LogP contribution in [0.2, 0.25) is 0 Å². The maximum absolute atomic E-state index is 13.5. The van der Waals surface area contributed by atoms with Crippen LogP contribution in [-0.4, -0.2) is 48.0 Å². The lowest BCUT2D eigenvalue weighted by molar-refractivity contribution is -0.264. The highest BCUT2D eigenvalue weighted by Gasteiger charge is 2.65. The zero-order chi connectivity index (χ0) is 18.5. The van der Waals surface area contributed by atoms with Crippen molar-refractivity contribution in [3.8, 4) is 0 Å². The summed E-state index contributed by atoms with van der Waals surface area (Å²) in [5.74, 6) is -1.02. The molecular formula is C16H15F3N2O3S. The van der Waals surface area contributed by atoms with Crippen LogP contribution in [0, 0.1) is 0 Å². The lowest BCUT2D eigenvalue weighted by atomic mass is 10.1. The predicted molar refractivity (Wildman–Crippen MR) is 85.5 cm³/mol. The number of halogens is 3. The van der Waals surface area contributed by atoms with E-state index in [9.17, 15) is 26.7 Å². The van der Waals surface area contributed by atoms with Crippen LogP contribution in [0.25, 0.3) is 0 Å². The molecule has 1 aromatic rings. The Morgan fingerprint density at radius 2 is 1.92 bits per heavy atom. The first-order chi connectivity index (χ1) is 11.6. The highest BCUT2D eigenvalue weighted by atomic mass is 32.2. The lowest BCUT2D eigenvalue weighted by Crippen LogP contribution is -2.57. The van der Waals surface area contributed by atoms with E-state index >= 15 is 0 Å². The van der Waals surface area contributed by atoms with Crippen molar-refractivity contribution in [3.63, 3.8) is 0 Å². The molecule has 134 valence electrons. The number of allylic oxidation sites excluding steroid dienone is 2. The second kappa shape index (κ2) is 5.70. The van der Waals surface area contributed by atoms with E-state index in [0.29, 0.717) is 5.57 Å². The molecule has 1 aromatic carbocycles. The zero-order valence-corrected chi connectivity index (χ0v) is 13.9. The number of aliphatic hydroxyl groups is 1. The number of benzene rings is 1. The summed E-state index contributed by atoms with van der Waals surface area (Å²) in [5.41, 5.74) is -3.10. The summed E-state index contributed by atoms with van der Waals surface area (Å²) in [7, 11) is -4.07. The van der Waals surface area contributed by atoms with Gasteiger partial charge in [-0.15, -0.1) is 0 Å². The summed E-state index contributed by atoms with van der Waals surface area (Å²) in [4.78, 5) is 4.41. The van der Waals surface area contributed by atoms with Gasteiger partial charge < -0.3 is 10.0 Å². The summed E-state index contributed by atoms with van der Waals surface area (Å²) >= 11 is 0. The number of hydrogen-bond acceptors (Lipinski definition) is 5. The van der Waals surface area contributed by atoms with Crippen LogP contribution in [0.5, 0.6) is 0 Å². The molecule has 0 aromatic heterocycles. The topological polar surface area (TPSA) is 70.0 Å². The van der Waals surface area contributed by atoms with Crippen LogP contribution < -0.4 is 0 Å². The Bertz CT molecular complexity index is 876. The molecule has 0 radical (unpaired) electrons. The van der Waals surface area contributed by atoms with Gasteiger partial charge >= 0.3 is 6.18 Å². The minimum atomic E-state index is -5.12. The van der Waals surface area contributed by atoms with E-state index < -0.39 is 33.5 Å². The highest BCUT2D eigenvalue weighted by Crippen LogP contribution is 2.43. The molecule has 0 saturated heterocycles. The molecule has 2 aliphatic heterocycles. The number of fused-ring (bicyclic) bond motifs is 1. The maximum Gasteiger partial charge on any atom is 0.440 e. The molecule has 5 nitrogen and oxygen atoms in total. The Labute approximate surface area is 142 Å². The minimum absolute atomic E-state index is 0.0874. The van der Waals surface area contributed by atoms with Crippen molar-refractivity contribution in [2.75, 3.05) is 5.75 Å². The molecule has 9 heteroatoms. The second-order valence-corrected chi connectivity index (χ2v) is 7.90. The number of aliphatic imine (C=N–C) groups is 1. The molecule has 0 bridgehead atoms. The number of amidine groups is 1. The van der Waals surface area contributed by atoms with Crippen molar-refractivity contribution in [3.05, 3.63) is 54.3 Å². The van der Waals surface area contributed by atoms with Gasteiger partial charge in [0.25, 0.3) is 5.72 Å². The minimum Gasteiger partial charge on any atom is -0.360 e. The van der Waals surface area contributed by atoms with E-state index in [0.717, 1.165) is 4.90 Å². The van der Waals surface area contributed by atoms with Gasteiger partial charge in [0.15, 0.2) is 9.84 Å². The van der Waals surface area contributed by atoms with Gasteiger partial charge in [0.2, 0.25) is 0 Å². The van der Waals surface area contributed by atoms with Crippen molar-refractivity contribution >= 4 is 15.7 Å². The van der Waals surface area contributed by atoms with Gasteiger partial charge in [-0.3, -0.25) is 0 Å². The number of rotatable bonds is 3. The fraction of sp³-hybridized carbons (Fsp3) is 0.312. The number of alkyl halides is 3. The van der Waals surface area contributed by atoms with Crippen LogP contribution in [0.15, 0.2) is 64.1 Å². The van der Waals surface area contributed by atoms with Crippen LogP contribution >= 0.6 is 0 Å². The summed E-state index contributed by atoms with van der Waals surface area (Å²) in [6.07, 6.45) is -0.804. The Hall–Kier alpha value is -2.13. The van der Waals surface area contributed by atoms with Crippen LogP contribution in [0.1, 0.15) is 6.92 Å². The van der Waals surface area contributed by atoms with Crippen molar-refractivity contribution in [2.45, 2.75) is 29.8 Å². The van der Waals surface area contributed by atoms with Crippen molar-refractivity contribution in [2.24, 2.45) is 4.99 Å². The first-order valence-corrected chi connectivity index (χ1v) is 9.02. The number of nitrogens with zero attached hydrogens (tertiary/aromatic N) is 2. The smallest absolute Gasteiger partial charge is 0.360 e. The first-order valence-electron chi connectivity index (χ1n) is 7.37. The second-order valence-electron chi connectivity index (χ2n) is 5.87. The van der Waals surface area contributed by atoms with E-state index in [1.54, 1.807) is 19.1 Å². The fourth-order valence-electron chi connectivity index (χ4n) is 2.84. The lowest BCUT2D eigenvalue weighted by Gasteiger charge is -2.34. The monoisotopic (exact) mass is 372 g/mol. The molecule has 0 amide bonds. The molecule has 2 aliphatic rings.